The van der Waals surface area contributed by atoms with E-state index in [0.717, 1.165) is 11.4 Å². The molecule has 0 bridgehead atoms. The third-order valence-corrected chi connectivity index (χ3v) is 10.6. The third kappa shape index (κ3) is 3.49. The number of nitrogens with zero attached hydrogens (tertiary/aromatic N) is 1. The van der Waals surface area contributed by atoms with Gasteiger partial charge >= 0.3 is 0 Å². The zero-order chi connectivity index (χ0) is 31.1. The van der Waals surface area contributed by atoms with Crippen molar-refractivity contribution in [2.24, 2.45) is 0 Å². The van der Waals surface area contributed by atoms with Crippen LogP contribution in [0, 0.1) is 6.92 Å². The van der Waals surface area contributed by atoms with E-state index < -0.39 is 5.41 Å². The SMILES string of the molecule is Cc1ccccc1N(c1ccccc1)c1ccc2c3c(ccc2c1)-c1c(ccc2ccccc12)C31c2ccccc2-c2ccccc21. The number of anilines is 3. The number of hydrogen-bond donors (Lipinski definition) is 0. The molecule has 0 aliphatic heterocycles. The Kier molecular flexibility index (Phi) is 5.48. The topological polar surface area (TPSA) is 3.24 Å². The monoisotopic (exact) mass is 597 g/mol. The van der Waals surface area contributed by atoms with Crippen LogP contribution in [-0.4, -0.2) is 0 Å². The Morgan fingerprint density at radius 1 is 0.426 bits per heavy atom. The van der Waals surface area contributed by atoms with Crippen molar-refractivity contribution in [2.45, 2.75) is 12.3 Å². The van der Waals surface area contributed by atoms with Crippen LogP contribution < -0.4 is 4.90 Å². The van der Waals surface area contributed by atoms with E-state index in [9.17, 15) is 0 Å². The molecule has 0 amide bonds. The highest BCUT2D eigenvalue weighted by Gasteiger charge is 2.52. The van der Waals surface area contributed by atoms with Crippen LogP contribution in [0.25, 0.3) is 43.8 Å². The summed E-state index contributed by atoms with van der Waals surface area (Å²) in [5.41, 5.74) is 15.2. The Bertz CT molecular complexity index is 2500. The first-order chi connectivity index (χ1) is 23.2. The van der Waals surface area contributed by atoms with Gasteiger partial charge in [0.25, 0.3) is 0 Å². The van der Waals surface area contributed by atoms with Gasteiger partial charge in [-0.3, -0.25) is 0 Å². The summed E-state index contributed by atoms with van der Waals surface area (Å²) in [6.45, 7) is 2.19. The molecule has 10 rings (SSSR count). The summed E-state index contributed by atoms with van der Waals surface area (Å²) in [4.78, 5) is 2.39. The van der Waals surface area contributed by atoms with E-state index in [0.29, 0.717) is 0 Å². The molecule has 1 nitrogen and oxygen atoms in total. The molecule has 0 N–H and O–H groups in total. The Balaban J connectivity index is 1.31. The van der Waals surface area contributed by atoms with E-state index >= 15 is 0 Å². The number of aryl methyl sites for hydroxylation is 1. The summed E-state index contributed by atoms with van der Waals surface area (Å²) >= 11 is 0. The predicted molar refractivity (Wildman–Crippen MR) is 197 cm³/mol. The molecule has 0 heterocycles. The zero-order valence-electron chi connectivity index (χ0n) is 26.1. The van der Waals surface area contributed by atoms with E-state index in [4.69, 9.17) is 0 Å². The molecule has 0 fully saturated rings. The molecule has 0 atom stereocenters. The molecule has 2 aliphatic rings. The lowest BCUT2D eigenvalue weighted by Crippen LogP contribution is -2.26. The molecule has 8 aromatic carbocycles. The molecule has 0 aromatic heterocycles. The van der Waals surface area contributed by atoms with Crippen molar-refractivity contribution in [1.82, 2.24) is 0 Å². The lowest BCUT2D eigenvalue weighted by molar-refractivity contribution is 0.802. The molecule has 0 unspecified atom stereocenters. The van der Waals surface area contributed by atoms with Gasteiger partial charge in [0.1, 0.15) is 0 Å². The van der Waals surface area contributed by atoms with Gasteiger partial charge < -0.3 is 4.90 Å². The molecular formula is C46H31N. The van der Waals surface area contributed by atoms with Gasteiger partial charge in [-0.2, -0.15) is 0 Å². The molecule has 220 valence electrons. The van der Waals surface area contributed by atoms with Crippen molar-refractivity contribution in [1.29, 1.82) is 0 Å². The molecule has 47 heavy (non-hydrogen) atoms. The van der Waals surface area contributed by atoms with Crippen LogP contribution in [0.4, 0.5) is 17.1 Å². The Morgan fingerprint density at radius 3 is 1.87 bits per heavy atom. The average Bonchev–Trinajstić information content (AvgIpc) is 3.61. The molecule has 1 spiro atoms. The molecule has 2 aliphatic carbocycles. The minimum absolute atomic E-state index is 0.405. The summed E-state index contributed by atoms with van der Waals surface area (Å²) in [5, 5.41) is 5.14. The Hall–Kier alpha value is -5.92. The van der Waals surface area contributed by atoms with Crippen molar-refractivity contribution in [3.63, 3.8) is 0 Å². The zero-order valence-corrected chi connectivity index (χ0v) is 26.1. The number of rotatable bonds is 3. The van der Waals surface area contributed by atoms with Crippen LogP contribution in [0.15, 0.2) is 170 Å². The van der Waals surface area contributed by atoms with Crippen LogP contribution in [0.1, 0.15) is 27.8 Å². The lowest BCUT2D eigenvalue weighted by atomic mass is 9.69. The number of para-hydroxylation sites is 2. The molecule has 0 saturated heterocycles. The van der Waals surface area contributed by atoms with E-state index in [1.54, 1.807) is 0 Å². The largest absolute Gasteiger partial charge is 0.310 e. The second-order valence-corrected chi connectivity index (χ2v) is 12.9. The fourth-order valence-electron chi connectivity index (χ4n) is 8.69. The summed E-state index contributed by atoms with van der Waals surface area (Å²) in [6.07, 6.45) is 0. The maximum atomic E-state index is 2.41. The van der Waals surface area contributed by atoms with E-state index in [2.05, 4.69) is 182 Å². The van der Waals surface area contributed by atoms with Gasteiger partial charge in [0, 0.05) is 17.1 Å². The van der Waals surface area contributed by atoms with Gasteiger partial charge in [-0.1, -0.05) is 140 Å². The minimum Gasteiger partial charge on any atom is -0.310 e. The third-order valence-electron chi connectivity index (χ3n) is 10.6. The van der Waals surface area contributed by atoms with E-state index in [-0.39, 0.29) is 0 Å². The number of hydrogen-bond acceptors (Lipinski definition) is 1. The second kappa shape index (κ2) is 9.79. The second-order valence-electron chi connectivity index (χ2n) is 12.9. The fourth-order valence-corrected chi connectivity index (χ4v) is 8.69. The summed E-state index contributed by atoms with van der Waals surface area (Å²) in [5.74, 6) is 0. The van der Waals surface area contributed by atoms with Crippen molar-refractivity contribution in [3.05, 3.63) is 198 Å². The molecule has 1 heteroatoms. The van der Waals surface area contributed by atoms with Crippen LogP contribution in [0.2, 0.25) is 0 Å². The van der Waals surface area contributed by atoms with Crippen molar-refractivity contribution >= 4 is 38.6 Å². The smallest absolute Gasteiger partial charge is 0.0731 e. The molecular weight excluding hydrogens is 567 g/mol. The van der Waals surface area contributed by atoms with Crippen LogP contribution >= 0.6 is 0 Å². The van der Waals surface area contributed by atoms with E-state index in [1.165, 1.54) is 77.3 Å². The first-order valence-electron chi connectivity index (χ1n) is 16.5. The van der Waals surface area contributed by atoms with Crippen molar-refractivity contribution in [2.75, 3.05) is 4.90 Å². The minimum atomic E-state index is -0.405. The average molecular weight is 598 g/mol. The normalized spacial score (nSPS) is 13.4. The molecule has 8 aromatic rings. The van der Waals surface area contributed by atoms with E-state index in [1.807, 2.05) is 0 Å². The fraction of sp³-hybridized carbons (Fsp3) is 0.0435. The number of fused-ring (bicyclic) bond motifs is 14. The molecule has 0 radical (unpaired) electrons. The highest BCUT2D eigenvalue weighted by Crippen LogP contribution is 2.65. The van der Waals surface area contributed by atoms with Gasteiger partial charge in [0.05, 0.1) is 5.41 Å². The Labute approximate surface area is 275 Å². The van der Waals surface area contributed by atoms with Gasteiger partial charge in [-0.15, -0.1) is 0 Å². The standard InChI is InChI=1S/C46H31N/c1-30-13-5-12-22-43(30)47(33-15-3-2-4-16-33)34-25-27-36-32(29-34)23-26-39-44-35-17-7-6-14-31(35)24-28-42(44)46(45(36)39)40-20-10-8-18-37(40)38-19-9-11-21-41(38)46/h2-29H,1H3. The lowest BCUT2D eigenvalue weighted by Gasteiger charge is -2.32. The Morgan fingerprint density at radius 2 is 1.09 bits per heavy atom. The van der Waals surface area contributed by atoms with Crippen molar-refractivity contribution < 1.29 is 0 Å². The quantitative estimate of drug-likeness (QED) is 0.196. The van der Waals surface area contributed by atoms with Gasteiger partial charge in [0.2, 0.25) is 0 Å². The predicted octanol–water partition coefficient (Wildman–Crippen LogP) is 12.1. The highest BCUT2D eigenvalue weighted by atomic mass is 15.1. The van der Waals surface area contributed by atoms with Crippen LogP contribution in [0.3, 0.4) is 0 Å². The highest BCUT2D eigenvalue weighted by molar-refractivity contribution is 6.11. The van der Waals surface area contributed by atoms with Gasteiger partial charge in [0.15, 0.2) is 0 Å². The first-order valence-corrected chi connectivity index (χ1v) is 16.5. The van der Waals surface area contributed by atoms with Gasteiger partial charge in [-0.05, 0) is 109 Å². The summed E-state index contributed by atoms with van der Waals surface area (Å²) in [6, 6.07) is 63.0. The maximum Gasteiger partial charge on any atom is 0.0731 e. The summed E-state index contributed by atoms with van der Waals surface area (Å²) < 4.78 is 0. The maximum absolute atomic E-state index is 2.41. The van der Waals surface area contributed by atoms with Crippen LogP contribution in [-0.2, 0) is 5.41 Å². The molecule has 0 saturated carbocycles. The van der Waals surface area contributed by atoms with Gasteiger partial charge in [-0.25, -0.2) is 0 Å². The van der Waals surface area contributed by atoms with Crippen molar-refractivity contribution in [3.8, 4) is 22.3 Å². The first kappa shape index (κ1) is 26.3. The summed E-state index contributed by atoms with van der Waals surface area (Å²) in [7, 11) is 0. The van der Waals surface area contributed by atoms with Crippen LogP contribution in [0.5, 0.6) is 0 Å². The number of benzene rings is 8.